The highest BCUT2D eigenvalue weighted by Gasteiger charge is 2.17. The SMILES string of the molecule is COC(C)(C)CCn1cc(C(=O)O)cc1Br. The van der Waals surface area contributed by atoms with Crippen molar-refractivity contribution in [2.45, 2.75) is 32.4 Å². The Hall–Kier alpha value is -0.810. The maximum Gasteiger partial charge on any atom is 0.337 e. The van der Waals surface area contributed by atoms with Gasteiger partial charge in [-0.1, -0.05) is 0 Å². The van der Waals surface area contributed by atoms with Gasteiger partial charge in [-0.15, -0.1) is 0 Å². The molecule has 0 unspecified atom stereocenters. The molecule has 0 aliphatic heterocycles. The summed E-state index contributed by atoms with van der Waals surface area (Å²) in [5, 5.41) is 8.84. The molecular weight excluding hydrogens is 274 g/mol. The Morgan fingerprint density at radius 1 is 1.62 bits per heavy atom. The van der Waals surface area contributed by atoms with E-state index in [1.54, 1.807) is 19.4 Å². The van der Waals surface area contributed by atoms with Gasteiger partial charge in [0, 0.05) is 19.9 Å². The minimum Gasteiger partial charge on any atom is -0.478 e. The van der Waals surface area contributed by atoms with Gasteiger partial charge < -0.3 is 14.4 Å². The van der Waals surface area contributed by atoms with Crippen LogP contribution in [-0.4, -0.2) is 28.4 Å². The van der Waals surface area contributed by atoms with Crippen molar-refractivity contribution in [2.75, 3.05) is 7.11 Å². The van der Waals surface area contributed by atoms with Crippen LogP contribution < -0.4 is 0 Å². The second-order valence-electron chi connectivity index (χ2n) is 4.26. The number of aromatic carboxylic acids is 1. The van der Waals surface area contributed by atoms with E-state index in [1.165, 1.54) is 0 Å². The molecule has 0 atom stereocenters. The highest BCUT2D eigenvalue weighted by molar-refractivity contribution is 9.10. The number of hydrogen-bond donors (Lipinski definition) is 1. The zero-order valence-corrected chi connectivity index (χ0v) is 11.2. The Morgan fingerprint density at radius 2 is 2.25 bits per heavy atom. The molecule has 1 rings (SSSR count). The molecule has 16 heavy (non-hydrogen) atoms. The predicted molar refractivity (Wildman–Crippen MR) is 64.8 cm³/mol. The smallest absolute Gasteiger partial charge is 0.337 e. The quantitative estimate of drug-likeness (QED) is 0.907. The first-order valence-corrected chi connectivity index (χ1v) is 5.79. The summed E-state index contributed by atoms with van der Waals surface area (Å²) in [6.07, 6.45) is 2.44. The lowest BCUT2D eigenvalue weighted by Gasteiger charge is -2.23. The van der Waals surface area contributed by atoms with Crippen LogP contribution in [0.25, 0.3) is 0 Å². The van der Waals surface area contributed by atoms with Crippen LogP contribution in [0.1, 0.15) is 30.6 Å². The number of carboxylic acids is 1. The van der Waals surface area contributed by atoms with Crippen LogP contribution in [0.2, 0.25) is 0 Å². The van der Waals surface area contributed by atoms with Gasteiger partial charge in [0.1, 0.15) is 0 Å². The molecule has 0 radical (unpaired) electrons. The van der Waals surface area contributed by atoms with E-state index in [2.05, 4.69) is 15.9 Å². The van der Waals surface area contributed by atoms with Crippen LogP contribution in [0.4, 0.5) is 0 Å². The lowest BCUT2D eigenvalue weighted by atomic mass is 10.1. The van der Waals surface area contributed by atoms with Crippen LogP contribution in [0, 0.1) is 0 Å². The maximum absolute atomic E-state index is 10.8. The summed E-state index contributed by atoms with van der Waals surface area (Å²) in [4.78, 5) is 10.8. The minimum atomic E-state index is -0.912. The highest BCUT2D eigenvalue weighted by Crippen LogP contribution is 2.19. The molecule has 0 saturated heterocycles. The Bertz CT molecular complexity index is 385. The van der Waals surface area contributed by atoms with Crippen LogP contribution in [0.5, 0.6) is 0 Å². The van der Waals surface area contributed by atoms with Gasteiger partial charge in [0.25, 0.3) is 0 Å². The molecule has 90 valence electrons. The number of halogens is 1. The number of methoxy groups -OCH3 is 1. The fraction of sp³-hybridized carbons (Fsp3) is 0.545. The zero-order chi connectivity index (χ0) is 12.3. The van der Waals surface area contributed by atoms with Gasteiger partial charge in [-0.25, -0.2) is 4.79 Å². The standard InChI is InChI=1S/C11H16BrNO3/c1-11(2,16-3)4-5-13-7-8(10(14)15)6-9(13)12/h6-7H,4-5H2,1-3H3,(H,14,15). The van der Waals surface area contributed by atoms with E-state index < -0.39 is 5.97 Å². The highest BCUT2D eigenvalue weighted by atomic mass is 79.9. The van der Waals surface area contributed by atoms with E-state index in [1.807, 2.05) is 18.4 Å². The molecule has 0 fully saturated rings. The molecule has 0 spiro atoms. The molecule has 0 aromatic carbocycles. The first-order chi connectivity index (χ1) is 7.35. The summed E-state index contributed by atoms with van der Waals surface area (Å²) < 4.78 is 7.95. The summed E-state index contributed by atoms with van der Waals surface area (Å²) in [6, 6.07) is 1.60. The summed E-state index contributed by atoms with van der Waals surface area (Å²) in [6.45, 7) is 4.72. The Balaban J connectivity index is 2.71. The van der Waals surface area contributed by atoms with Crippen molar-refractivity contribution in [1.29, 1.82) is 0 Å². The minimum absolute atomic E-state index is 0.201. The average molecular weight is 290 g/mol. The van der Waals surface area contributed by atoms with E-state index in [0.717, 1.165) is 11.0 Å². The second-order valence-corrected chi connectivity index (χ2v) is 5.08. The molecule has 1 heterocycles. The van der Waals surface area contributed by atoms with Gasteiger partial charge in [-0.3, -0.25) is 0 Å². The van der Waals surface area contributed by atoms with Gasteiger partial charge >= 0.3 is 5.97 Å². The van der Waals surface area contributed by atoms with Crippen LogP contribution >= 0.6 is 15.9 Å². The van der Waals surface area contributed by atoms with Crippen molar-refractivity contribution in [3.05, 3.63) is 22.4 Å². The number of hydrogen-bond acceptors (Lipinski definition) is 2. The third kappa shape index (κ3) is 3.35. The number of aryl methyl sites for hydroxylation is 1. The largest absolute Gasteiger partial charge is 0.478 e. The Kier molecular flexibility index (Phi) is 4.15. The van der Waals surface area contributed by atoms with Gasteiger partial charge in [0.05, 0.1) is 15.8 Å². The third-order valence-corrected chi connectivity index (χ3v) is 3.28. The molecule has 1 aromatic heterocycles. The molecule has 1 N–H and O–H groups in total. The van der Waals surface area contributed by atoms with Crippen LogP contribution in [0.15, 0.2) is 16.9 Å². The van der Waals surface area contributed by atoms with E-state index in [0.29, 0.717) is 12.1 Å². The number of nitrogens with zero attached hydrogens (tertiary/aromatic N) is 1. The van der Waals surface area contributed by atoms with Crippen molar-refractivity contribution in [3.63, 3.8) is 0 Å². The summed E-state index contributed by atoms with van der Waals surface area (Å²) in [5.74, 6) is -0.912. The van der Waals surface area contributed by atoms with Gasteiger partial charge in [0.2, 0.25) is 0 Å². The predicted octanol–water partition coefficient (Wildman–Crippen LogP) is 2.76. The molecule has 0 aliphatic carbocycles. The molecule has 1 aromatic rings. The first-order valence-electron chi connectivity index (χ1n) is 5.00. The fourth-order valence-corrected chi connectivity index (χ4v) is 1.78. The van der Waals surface area contributed by atoms with Crippen molar-refractivity contribution in [3.8, 4) is 0 Å². The van der Waals surface area contributed by atoms with E-state index >= 15 is 0 Å². The van der Waals surface area contributed by atoms with Crippen molar-refractivity contribution < 1.29 is 14.6 Å². The van der Waals surface area contributed by atoms with Crippen LogP contribution in [0.3, 0.4) is 0 Å². The number of aromatic nitrogens is 1. The average Bonchev–Trinajstić information content (AvgIpc) is 2.57. The first kappa shape index (κ1) is 13.3. The molecule has 0 saturated carbocycles. The third-order valence-electron chi connectivity index (χ3n) is 2.60. The molecule has 0 aliphatic rings. The molecule has 4 nitrogen and oxygen atoms in total. The van der Waals surface area contributed by atoms with E-state index in [4.69, 9.17) is 9.84 Å². The van der Waals surface area contributed by atoms with Gasteiger partial charge in [0.15, 0.2) is 0 Å². The second kappa shape index (κ2) is 5.01. The fourth-order valence-electron chi connectivity index (χ4n) is 1.26. The summed E-state index contributed by atoms with van der Waals surface area (Å²) in [5.41, 5.74) is 0.0923. The molecule has 0 amide bonds. The number of rotatable bonds is 5. The monoisotopic (exact) mass is 289 g/mol. The Labute approximate surface area is 103 Å². The topological polar surface area (TPSA) is 51.5 Å². The zero-order valence-electron chi connectivity index (χ0n) is 9.66. The molecule has 5 heteroatoms. The lowest BCUT2D eigenvalue weighted by Crippen LogP contribution is -2.24. The van der Waals surface area contributed by atoms with Gasteiger partial charge in [-0.05, 0) is 42.3 Å². The van der Waals surface area contributed by atoms with Gasteiger partial charge in [-0.2, -0.15) is 0 Å². The number of carboxylic acid groups (broad SMARTS) is 1. The number of carbonyl (C=O) groups is 1. The van der Waals surface area contributed by atoms with E-state index in [9.17, 15) is 4.79 Å². The van der Waals surface area contributed by atoms with Crippen LogP contribution in [-0.2, 0) is 11.3 Å². The van der Waals surface area contributed by atoms with Crippen molar-refractivity contribution in [1.82, 2.24) is 4.57 Å². The molecule has 0 bridgehead atoms. The summed E-state index contributed by atoms with van der Waals surface area (Å²) in [7, 11) is 1.67. The number of ether oxygens (including phenoxy) is 1. The van der Waals surface area contributed by atoms with E-state index in [-0.39, 0.29) is 5.60 Å². The normalized spacial score (nSPS) is 11.8. The van der Waals surface area contributed by atoms with Crippen molar-refractivity contribution in [2.24, 2.45) is 0 Å². The lowest BCUT2D eigenvalue weighted by molar-refractivity contribution is 0.0119. The summed E-state index contributed by atoms with van der Waals surface area (Å²) >= 11 is 3.33. The maximum atomic E-state index is 10.8. The molecular formula is C11H16BrNO3. The Morgan fingerprint density at radius 3 is 2.69 bits per heavy atom. The van der Waals surface area contributed by atoms with Crippen molar-refractivity contribution >= 4 is 21.9 Å².